The lowest BCUT2D eigenvalue weighted by Crippen LogP contribution is -2.46. The minimum Gasteiger partial charge on any atom is -0.338 e. The number of hydrogen-bond donors (Lipinski definition) is 0. The molecular formula is C16H22N4O2. The van der Waals surface area contributed by atoms with Crippen LogP contribution in [-0.4, -0.2) is 33.2 Å². The lowest BCUT2D eigenvalue weighted by atomic mass is 10.00. The van der Waals surface area contributed by atoms with Crippen LogP contribution in [0.5, 0.6) is 0 Å². The fourth-order valence-corrected chi connectivity index (χ4v) is 2.98. The van der Waals surface area contributed by atoms with Crippen molar-refractivity contribution < 1.29 is 4.79 Å². The van der Waals surface area contributed by atoms with Crippen molar-refractivity contribution in [3.8, 4) is 6.07 Å². The number of nitriles is 1. The Morgan fingerprint density at radius 1 is 1.41 bits per heavy atom. The van der Waals surface area contributed by atoms with Gasteiger partial charge in [-0.05, 0) is 45.1 Å². The van der Waals surface area contributed by atoms with Crippen LogP contribution in [0.3, 0.4) is 0 Å². The highest BCUT2D eigenvalue weighted by Gasteiger charge is 2.26. The molecule has 0 N–H and O–H groups in total. The molecule has 0 aliphatic carbocycles. The number of aromatic nitrogens is 2. The normalized spacial score (nSPS) is 18.1. The molecular weight excluding hydrogens is 280 g/mol. The Balaban J connectivity index is 2.27. The van der Waals surface area contributed by atoms with E-state index in [1.807, 2.05) is 11.0 Å². The van der Waals surface area contributed by atoms with Crippen LogP contribution in [0.15, 0.2) is 4.79 Å². The van der Waals surface area contributed by atoms with Crippen LogP contribution in [0.25, 0.3) is 0 Å². The summed E-state index contributed by atoms with van der Waals surface area (Å²) in [5.74, 6) is -0.0895. The summed E-state index contributed by atoms with van der Waals surface area (Å²) in [6.45, 7) is 6.16. The largest absolute Gasteiger partial charge is 0.338 e. The molecule has 6 nitrogen and oxygen atoms in total. The zero-order chi connectivity index (χ0) is 16.3. The molecule has 0 radical (unpaired) electrons. The summed E-state index contributed by atoms with van der Waals surface area (Å²) < 4.78 is 1.13. The van der Waals surface area contributed by atoms with E-state index >= 15 is 0 Å². The summed E-state index contributed by atoms with van der Waals surface area (Å²) >= 11 is 0. The fraction of sp³-hybridized carbons (Fsp3) is 0.625. The maximum Gasteiger partial charge on any atom is 0.285 e. The summed E-state index contributed by atoms with van der Waals surface area (Å²) in [5, 5.41) is 13.3. The zero-order valence-electron chi connectivity index (χ0n) is 13.4. The van der Waals surface area contributed by atoms with Gasteiger partial charge in [0.05, 0.1) is 5.69 Å². The Bertz CT molecular complexity index is 672. The number of piperidine rings is 1. The molecule has 22 heavy (non-hydrogen) atoms. The molecule has 0 spiro atoms. The predicted octanol–water partition coefficient (Wildman–Crippen LogP) is 1.52. The number of aryl methyl sites for hydroxylation is 1. The lowest BCUT2D eigenvalue weighted by molar-refractivity contribution is -0.135. The van der Waals surface area contributed by atoms with E-state index < -0.39 is 5.56 Å². The van der Waals surface area contributed by atoms with Crippen molar-refractivity contribution in [2.45, 2.75) is 59.0 Å². The minimum atomic E-state index is -0.482. The molecule has 1 aliphatic heterocycles. The second-order valence-corrected chi connectivity index (χ2v) is 5.81. The number of carbonyl (C=O) groups is 1. The third-order valence-electron chi connectivity index (χ3n) is 4.45. The zero-order valence-corrected chi connectivity index (χ0v) is 13.4. The summed E-state index contributed by atoms with van der Waals surface area (Å²) in [6, 6.07) is 2.17. The van der Waals surface area contributed by atoms with Gasteiger partial charge in [-0.2, -0.15) is 10.4 Å². The van der Waals surface area contributed by atoms with Crippen molar-refractivity contribution in [2.24, 2.45) is 0 Å². The van der Waals surface area contributed by atoms with Crippen LogP contribution in [0, 0.1) is 25.2 Å². The van der Waals surface area contributed by atoms with E-state index in [9.17, 15) is 9.59 Å². The van der Waals surface area contributed by atoms with Gasteiger partial charge in [0.1, 0.15) is 18.2 Å². The predicted molar refractivity (Wildman–Crippen MR) is 82.3 cm³/mol. The second kappa shape index (κ2) is 6.73. The molecule has 0 saturated carbocycles. The molecule has 1 atom stereocenters. The number of likely N-dealkylation sites (tertiary alicyclic amines) is 1. The van der Waals surface area contributed by atoms with E-state index in [0.29, 0.717) is 11.3 Å². The Morgan fingerprint density at radius 2 is 2.14 bits per heavy atom. The van der Waals surface area contributed by atoms with Crippen molar-refractivity contribution >= 4 is 5.91 Å². The molecule has 1 fully saturated rings. The highest BCUT2D eigenvalue weighted by molar-refractivity contribution is 5.76. The van der Waals surface area contributed by atoms with E-state index in [4.69, 9.17) is 5.26 Å². The summed E-state index contributed by atoms with van der Waals surface area (Å²) in [7, 11) is 0. The third-order valence-corrected chi connectivity index (χ3v) is 4.45. The van der Waals surface area contributed by atoms with E-state index in [2.05, 4.69) is 12.0 Å². The summed E-state index contributed by atoms with van der Waals surface area (Å²) in [4.78, 5) is 26.6. The van der Waals surface area contributed by atoms with Gasteiger partial charge in [0.15, 0.2) is 0 Å². The monoisotopic (exact) mass is 302 g/mol. The summed E-state index contributed by atoms with van der Waals surface area (Å²) in [5.41, 5.74) is 0.783. The second-order valence-electron chi connectivity index (χ2n) is 5.81. The van der Waals surface area contributed by atoms with Gasteiger partial charge >= 0.3 is 0 Å². The SMILES string of the molecule is CCC1CCCCN1C(=O)Cn1nc(C)c(C)c(C#N)c1=O. The first kappa shape index (κ1) is 16.2. The Kier molecular flexibility index (Phi) is 4.96. The van der Waals surface area contributed by atoms with Crippen LogP contribution < -0.4 is 5.56 Å². The quantitative estimate of drug-likeness (QED) is 0.848. The Morgan fingerprint density at radius 3 is 2.77 bits per heavy atom. The van der Waals surface area contributed by atoms with Gasteiger partial charge in [-0.3, -0.25) is 9.59 Å². The molecule has 1 unspecified atom stereocenters. The molecule has 0 aromatic carbocycles. The number of nitrogens with zero attached hydrogens (tertiary/aromatic N) is 4. The topological polar surface area (TPSA) is 79.0 Å². The van der Waals surface area contributed by atoms with Gasteiger partial charge < -0.3 is 4.90 Å². The number of rotatable bonds is 3. The Hall–Kier alpha value is -2.16. The van der Waals surface area contributed by atoms with Gasteiger partial charge in [-0.15, -0.1) is 0 Å². The molecule has 2 rings (SSSR count). The highest BCUT2D eigenvalue weighted by Crippen LogP contribution is 2.19. The standard InChI is InChI=1S/C16H22N4O2/c1-4-13-7-5-6-8-19(13)15(21)10-20-16(22)14(9-17)11(2)12(3)18-20/h13H,4-8,10H2,1-3H3. The molecule has 2 heterocycles. The van der Waals surface area contributed by atoms with Gasteiger partial charge in [0.25, 0.3) is 5.56 Å². The lowest BCUT2D eigenvalue weighted by Gasteiger charge is -2.35. The number of amides is 1. The minimum absolute atomic E-state index is 0.0750. The third kappa shape index (κ3) is 3.03. The van der Waals surface area contributed by atoms with E-state index in [1.165, 1.54) is 0 Å². The van der Waals surface area contributed by atoms with Crippen LogP contribution in [-0.2, 0) is 11.3 Å². The molecule has 6 heteroatoms. The van der Waals surface area contributed by atoms with Crippen LogP contribution in [0.4, 0.5) is 0 Å². The first-order chi connectivity index (χ1) is 10.5. The van der Waals surface area contributed by atoms with Crippen molar-refractivity contribution in [3.63, 3.8) is 0 Å². The van der Waals surface area contributed by atoms with E-state index in [1.54, 1.807) is 13.8 Å². The summed E-state index contributed by atoms with van der Waals surface area (Å²) in [6.07, 6.45) is 4.08. The molecule has 0 bridgehead atoms. The van der Waals surface area contributed by atoms with Gasteiger partial charge in [-0.25, -0.2) is 4.68 Å². The maximum absolute atomic E-state index is 12.5. The van der Waals surface area contributed by atoms with Crippen LogP contribution in [0.2, 0.25) is 0 Å². The smallest absolute Gasteiger partial charge is 0.285 e. The average molecular weight is 302 g/mol. The number of hydrogen-bond acceptors (Lipinski definition) is 4. The molecule has 1 aliphatic rings. The molecule has 1 aromatic heterocycles. The fourth-order valence-electron chi connectivity index (χ4n) is 2.98. The number of carbonyl (C=O) groups excluding carboxylic acids is 1. The first-order valence-electron chi connectivity index (χ1n) is 7.77. The first-order valence-corrected chi connectivity index (χ1v) is 7.77. The van der Waals surface area contributed by atoms with E-state index in [-0.39, 0.29) is 24.1 Å². The maximum atomic E-state index is 12.5. The molecule has 1 amide bonds. The van der Waals surface area contributed by atoms with Crippen molar-refractivity contribution in [1.82, 2.24) is 14.7 Å². The molecule has 1 saturated heterocycles. The van der Waals surface area contributed by atoms with E-state index in [0.717, 1.165) is 36.9 Å². The van der Waals surface area contributed by atoms with Gasteiger partial charge in [0, 0.05) is 12.6 Å². The van der Waals surface area contributed by atoms with Gasteiger partial charge in [-0.1, -0.05) is 6.92 Å². The average Bonchev–Trinajstić information content (AvgIpc) is 2.53. The molecule has 118 valence electrons. The van der Waals surface area contributed by atoms with Crippen LogP contribution in [0.1, 0.15) is 49.4 Å². The van der Waals surface area contributed by atoms with Crippen molar-refractivity contribution in [2.75, 3.05) is 6.54 Å². The van der Waals surface area contributed by atoms with Crippen LogP contribution >= 0.6 is 0 Å². The van der Waals surface area contributed by atoms with Crippen molar-refractivity contribution in [3.05, 3.63) is 27.2 Å². The van der Waals surface area contributed by atoms with Gasteiger partial charge in [0.2, 0.25) is 5.91 Å². The molecule has 1 aromatic rings. The van der Waals surface area contributed by atoms with Crippen molar-refractivity contribution in [1.29, 1.82) is 5.26 Å². The Labute approximate surface area is 130 Å². The highest BCUT2D eigenvalue weighted by atomic mass is 16.2.